The Hall–Kier alpha value is -3.88. The Labute approximate surface area is 294 Å². The van der Waals surface area contributed by atoms with Gasteiger partial charge in [0.2, 0.25) is 0 Å². The summed E-state index contributed by atoms with van der Waals surface area (Å²) in [5, 5.41) is 11.7. The molecule has 2 aromatic heterocycles. The number of rotatable bonds is 9. The van der Waals surface area contributed by atoms with Crippen LogP contribution in [0, 0.1) is 47.1 Å². The fraction of sp³-hybridized carbons (Fsp3) is 0.513. The Morgan fingerprint density at radius 1 is 1.24 bits per heavy atom. The average Bonchev–Trinajstić information content (AvgIpc) is 3.91. The molecule has 3 heterocycles. The van der Waals surface area contributed by atoms with Crippen molar-refractivity contribution in [2.75, 3.05) is 24.6 Å². The molecule has 2 unspecified atom stereocenters. The highest BCUT2D eigenvalue weighted by Crippen LogP contribution is 2.55. The third-order valence-electron chi connectivity index (χ3n) is 11.5. The van der Waals surface area contributed by atoms with Crippen LogP contribution in [0.25, 0.3) is 32.9 Å². The maximum absolute atomic E-state index is 17.0. The molecule has 0 spiro atoms. The first-order chi connectivity index (χ1) is 23.9. The molecule has 1 saturated heterocycles. The summed E-state index contributed by atoms with van der Waals surface area (Å²) in [6.45, 7) is 7.07. The van der Waals surface area contributed by atoms with Crippen LogP contribution in [0.5, 0.6) is 11.8 Å². The predicted molar refractivity (Wildman–Crippen MR) is 195 cm³/mol. The van der Waals surface area contributed by atoms with Gasteiger partial charge in [0.15, 0.2) is 5.82 Å². The molecule has 3 fully saturated rings. The van der Waals surface area contributed by atoms with E-state index in [1.165, 1.54) is 42.6 Å². The average molecular weight is 702 g/mol. The molecule has 2 aliphatic carbocycles. The zero-order valence-corrected chi connectivity index (χ0v) is 30.5. The van der Waals surface area contributed by atoms with Crippen molar-refractivity contribution in [1.82, 2.24) is 15.0 Å². The number of aromatic hydroxyl groups is 1. The molecule has 0 radical (unpaired) electrons. The second-order valence-corrected chi connectivity index (χ2v) is 17.5. The molecule has 7 rings (SSSR count). The van der Waals surface area contributed by atoms with Crippen LogP contribution in [0.1, 0.15) is 64.9 Å². The van der Waals surface area contributed by atoms with E-state index in [0.29, 0.717) is 47.9 Å². The van der Waals surface area contributed by atoms with Crippen molar-refractivity contribution in [2.24, 2.45) is 28.9 Å². The number of benzene rings is 2. The van der Waals surface area contributed by atoms with Crippen LogP contribution in [0.2, 0.25) is 12.1 Å². The lowest BCUT2D eigenvalue weighted by Crippen LogP contribution is -2.50. The minimum absolute atomic E-state index is 0.0129. The van der Waals surface area contributed by atoms with Gasteiger partial charge in [-0.2, -0.15) is 9.97 Å². The highest BCUT2D eigenvalue weighted by Gasteiger charge is 2.52. The van der Waals surface area contributed by atoms with Crippen molar-refractivity contribution >= 4 is 37.0 Å². The molecule has 2 aromatic carbocycles. The number of ether oxygens (including phenoxy) is 1. The molecule has 0 bridgehead atoms. The molecule has 7 nitrogen and oxygen atoms in total. The van der Waals surface area contributed by atoms with Crippen molar-refractivity contribution in [3.05, 3.63) is 47.7 Å². The SMILES string of the molecule is C#Cc1c(F)ccc2cc(O)cc(-c3ncc4c(N(CC5CC5)C[C@@H](C)N)nc(OC[C@@]56CCC[SiH2]CC5CC(C)[C@](C)(F)C6)nc4c3F)c12. The van der Waals surface area contributed by atoms with Gasteiger partial charge in [-0.15, -0.1) is 6.42 Å². The predicted octanol–water partition coefficient (Wildman–Crippen LogP) is 7.31. The molecular formula is C39H46F3N5O2Si. The van der Waals surface area contributed by atoms with Crippen molar-refractivity contribution in [1.29, 1.82) is 0 Å². The van der Waals surface area contributed by atoms with Crippen LogP contribution in [0.15, 0.2) is 30.5 Å². The van der Waals surface area contributed by atoms with Crippen LogP contribution < -0.4 is 15.4 Å². The lowest BCUT2D eigenvalue weighted by atomic mass is 9.58. The summed E-state index contributed by atoms with van der Waals surface area (Å²) in [4.78, 5) is 16.2. The van der Waals surface area contributed by atoms with Crippen LogP contribution >= 0.6 is 0 Å². The first-order valence-corrected chi connectivity index (χ1v) is 20.0. The van der Waals surface area contributed by atoms with Crippen LogP contribution in [0.4, 0.5) is 19.0 Å². The number of nitrogens with zero attached hydrogens (tertiary/aromatic N) is 4. The van der Waals surface area contributed by atoms with Crippen molar-refractivity contribution in [3.63, 3.8) is 0 Å². The van der Waals surface area contributed by atoms with Crippen molar-refractivity contribution in [3.8, 4) is 35.4 Å². The zero-order valence-electron chi connectivity index (χ0n) is 29.1. The van der Waals surface area contributed by atoms with Gasteiger partial charge >= 0.3 is 6.01 Å². The van der Waals surface area contributed by atoms with Crippen molar-refractivity contribution < 1.29 is 23.0 Å². The third kappa shape index (κ3) is 6.52. The van der Waals surface area contributed by atoms with Gasteiger partial charge in [0.25, 0.3) is 0 Å². The molecule has 264 valence electrons. The van der Waals surface area contributed by atoms with E-state index in [-0.39, 0.29) is 73.0 Å². The van der Waals surface area contributed by atoms with Gasteiger partial charge in [-0.25, -0.2) is 13.2 Å². The maximum atomic E-state index is 17.0. The van der Waals surface area contributed by atoms with E-state index in [1.54, 1.807) is 6.92 Å². The summed E-state index contributed by atoms with van der Waals surface area (Å²) < 4.78 is 54.5. The first kappa shape index (κ1) is 34.6. The normalized spacial score (nSPS) is 26.4. The van der Waals surface area contributed by atoms with Gasteiger partial charge < -0.3 is 20.5 Å². The molecule has 50 heavy (non-hydrogen) atoms. The fourth-order valence-electron chi connectivity index (χ4n) is 8.61. The van der Waals surface area contributed by atoms with E-state index in [0.717, 1.165) is 32.1 Å². The standard InChI is InChI=1S/C39H46F3N5O2Si/c1-5-28-31(40)10-9-25-14-27(48)15-29(32(25)28)34-33(41)35-30(16-44-34)36(47(17-23(3)43)18-24-7-8-24)46-37(45-35)49-21-39-11-6-12-50-19-26(39)13-22(2)38(4,42)20-39/h1,9-10,14-16,22-24,26,48H,6-8,11-13,17-21,43,50H2,2-4H3/t22?,23-,26?,38-,39+/m1/s1. The van der Waals surface area contributed by atoms with Gasteiger partial charge in [0.05, 0.1) is 17.6 Å². The molecule has 5 atom stereocenters. The van der Waals surface area contributed by atoms with E-state index >= 15 is 8.78 Å². The molecule has 3 aliphatic rings. The summed E-state index contributed by atoms with van der Waals surface area (Å²) in [7, 11) is -0.228. The number of terminal acetylenes is 1. The maximum Gasteiger partial charge on any atom is 0.319 e. The topological polar surface area (TPSA) is 97.4 Å². The third-order valence-corrected chi connectivity index (χ3v) is 13.6. The number of fused-ring (bicyclic) bond motifs is 3. The number of hydrogen-bond acceptors (Lipinski definition) is 7. The smallest absolute Gasteiger partial charge is 0.319 e. The molecule has 2 saturated carbocycles. The summed E-state index contributed by atoms with van der Waals surface area (Å²) >= 11 is 0. The number of anilines is 1. The van der Waals surface area contributed by atoms with Gasteiger partial charge in [0, 0.05) is 51.2 Å². The Kier molecular flexibility index (Phi) is 9.22. The molecular weight excluding hydrogens is 656 g/mol. The quantitative estimate of drug-likeness (QED) is 0.140. The van der Waals surface area contributed by atoms with Gasteiger partial charge in [-0.3, -0.25) is 4.98 Å². The largest absolute Gasteiger partial charge is 0.508 e. The van der Waals surface area contributed by atoms with Crippen LogP contribution in [0.3, 0.4) is 0 Å². The Morgan fingerprint density at radius 2 is 2.04 bits per heavy atom. The zero-order chi connectivity index (χ0) is 35.4. The summed E-state index contributed by atoms with van der Waals surface area (Å²) in [6.07, 6.45) is 12.6. The van der Waals surface area contributed by atoms with E-state index in [1.807, 2.05) is 13.8 Å². The first-order valence-electron chi connectivity index (χ1n) is 18.0. The van der Waals surface area contributed by atoms with E-state index in [2.05, 4.69) is 20.8 Å². The van der Waals surface area contributed by atoms with Crippen LogP contribution in [-0.4, -0.2) is 61.0 Å². The number of hydrogen-bond donors (Lipinski definition) is 2. The highest BCUT2D eigenvalue weighted by molar-refractivity contribution is 6.35. The van der Waals surface area contributed by atoms with E-state index in [4.69, 9.17) is 21.9 Å². The van der Waals surface area contributed by atoms with Gasteiger partial charge in [-0.1, -0.05) is 37.4 Å². The van der Waals surface area contributed by atoms with E-state index in [9.17, 15) is 9.50 Å². The Balaban J connectivity index is 1.38. The summed E-state index contributed by atoms with van der Waals surface area (Å²) in [6, 6.07) is 7.72. The molecule has 4 aromatic rings. The number of phenolic OH excluding ortho intramolecular Hbond substituents is 1. The number of alkyl halides is 1. The van der Waals surface area contributed by atoms with Gasteiger partial charge in [-0.05, 0) is 87.3 Å². The highest BCUT2D eigenvalue weighted by atomic mass is 28.2. The number of phenols is 1. The molecule has 1 aliphatic heterocycles. The number of aromatic nitrogens is 3. The Bertz CT molecular complexity index is 1980. The minimum Gasteiger partial charge on any atom is -0.508 e. The lowest BCUT2D eigenvalue weighted by Gasteiger charge is -2.50. The van der Waals surface area contributed by atoms with Gasteiger partial charge in [0.1, 0.15) is 34.3 Å². The molecule has 3 N–H and O–H groups in total. The van der Waals surface area contributed by atoms with E-state index < -0.39 is 17.3 Å². The monoisotopic (exact) mass is 701 g/mol. The second-order valence-electron chi connectivity index (χ2n) is 15.5. The number of nitrogens with two attached hydrogens (primary N) is 1. The van der Waals surface area contributed by atoms with Crippen LogP contribution in [-0.2, 0) is 0 Å². The number of pyridine rings is 1. The fourth-order valence-corrected chi connectivity index (χ4v) is 10.8. The number of halogens is 3. The second kappa shape index (κ2) is 13.3. The lowest BCUT2D eigenvalue weighted by molar-refractivity contribution is -0.0715. The molecule has 0 amide bonds. The van der Waals surface area contributed by atoms with Crippen molar-refractivity contribution in [2.45, 2.75) is 83.1 Å². The minimum atomic E-state index is -1.31. The molecule has 11 heteroatoms. The summed E-state index contributed by atoms with van der Waals surface area (Å²) in [5.41, 5.74) is 4.58. The Morgan fingerprint density at radius 3 is 2.78 bits per heavy atom. The summed E-state index contributed by atoms with van der Waals surface area (Å²) in [5.74, 6) is 2.11.